The Hall–Kier alpha value is -1.50. The van der Waals surface area contributed by atoms with Crippen LogP contribution in [0.2, 0.25) is 0 Å². The largest absolute Gasteiger partial charge is 0.310 e. The molecule has 0 bridgehead atoms. The first-order valence-electron chi connectivity index (χ1n) is 7.71. The van der Waals surface area contributed by atoms with Gasteiger partial charge >= 0.3 is 0 Å². The lowest BCUT2D eigenvalue weighted by molar-refractivity contribution is 0.0979. The number of hydrogen-bond donors (Lipinski definition) is 0. The molecular formula is C16H23N5S. The van der Waals surface area contributed by atoms with Crippen molar-refractivity contribution < 1.29 is 0 Å². The van der Waals surface area contributed by atoms with E-state index in [1.807, 2.05) is 16.3 Å². The first-order valence-corrected chi connectivity index (χ1v) is 8.12. The Bertz CT molecular complexity index is 682. The molecule has 0 N–H and O–H groups in total. The molecule has 1 aliphatic heterocycles. The van der Waals surface area contributed by atoms with Crippen molar-refractivity contribution in [1.29, 1.82) is 0 Å². The van der Waals surface area contributed by atoms with E-state index in [-0.39, 0.29) is 0 Å². The molecule has 0 atom stereocenters. The molecule has 3 rings (SSSR count). The molecule has 0 radical (unpaired) electrons. The van der Waals surface area contributed by atoms with Gasteiger partial charge in [0.25, 0.3) is 0 Å². The smallest absolute Gasteiger partial charge is 0.198 e. The van der Waals surface area contributed by atoms with Crippen LogP contribution in [0, 0.1) is 11.7 Å². The lowest BCUT2D eigenvalue weighted by Gasteiger charge is -2.34. The molecule has 1 aromatic carbocycles. The van der Waals surface area contributed by atoms with Crippen molar-refractivity contribution in [2.75, 3.05) is 26.2 Å². The maximum Gasteiger partial charge on any atom is 0.198 e. The number of aryl methyl sites for hydroxylation is 2. The van der Waals surface area contributed by atoms with Crippen molar-refractivity contribution in [3.8, 4) is 0 Å². The van der Waals surface area contributed by atoms with Gasteiger partial charge in [-0.15, -0.1) is 0 Å². The summed E-state index contributed by atoms with van der Waals surface area (Å²) in [5.74, 6) is 0. The highest BCUT2D eigenvalue weighted by Crippen LogP contribution is 2.12. The van der Waals surface area contributed by atoms with Crippen LogP contribution < -0.4 is 0 Å². The van der Waals surface area contributed by atoms with E-state index in [1.54, 1.807) is 6.33 Å². The minimum atomic E-state index is 0.780. The zero-order valence-corrected chi connectivity index (χ0v) is 14.1. The van der Waals surface area contributed by atoms with E-state index >= 15 is 0 Å². The highest BCUT2D eigenvalue weighted by Gasteiger charge is 2.18. The molecule has 0 amide bonds. The van der Waals surface area contributed by atoms with Crippen LogP contribution in [0.1, 0.15) is 11.1 Å². The minimum Gasteiger partial charge on any atom is -0.310 e. The van der Waals surface area contributed by atoms with Gasteiger partial charge in [0.1, 0.15) is 6.33 Å². The number of nitrogens with zero attached hydrogens (tertiary/aromatic N) is 5. The summed E-state index contributed by atoms with van der Waals surface area (Å²) < 4.78 is 4.55. The van der Waals surface area contributed by atoms with Gasteiger partial charge in [0.2, 0.25) is 0 Å². The molecule has 1 saturated heterocycles. The molecule has 1 fully saturated rings. The molecule has 2 heterocycles. The van der Waals surface area contributed by atoms with E-state index in [1.165, 1.54) is 11.1 Å². The van der Waals surface area contributed by atoms with Gasteiger partial charge in [0.05, 0.1) is 6.67 Å². The summed E-state index contributed by atoms with van der Waals surface area (Å²) in [7, 11) is 1.94. The Morgan fingerprint density at radius 1 is 1.09 bits per heavy atom. The van der Waals surface area contributed by atoms with Crippen molar-refractivity contribution in [3.63, 3.8) is 0 Å². The standard InChI is InChI=1S/C16H23N5S/c1-14-5-3-4-6-15(14)11-19-7-9-20(10-8-19)13-21-16(22)18(2)12-17-21/h3-6,12H,7-11,13H2,1-2H3. The molecule has 0 spiro atoms. The predicted molar refractivity (Wildman–Crippen MR) is 90.1 cm³/mol. The number of aromatic nitrogens is 3. The van der Waals surface area contributed by atoms with Crippen molar-refractivity contribution >= 4 is 12.2 Å². The minimum absolute atomic E-state index is 0.780. The van der Waals surface area contributed by atoms with Gasteiger partial charge in [-0.05, 0) is 30.3 Å². The van der Waals surface area contributed by atoms with E-state index in [0.29, 0.717) is 0 Å². The fourth-order valence-electron chi connectivity index (χ4n) is 2.82. The first-order chi connectivity index (χ1) is 10.6. The number of benzene rings is 1. The van der Waals surface area contributed by atoms with Gasteiger partial charge in [0, 0.05) is 39.8 Å². The molecule has 5 nitrogen and oxygen atoms in total. The lowest BCUT2D eigenvalue weighted by atomic mass is 10.1. The third-order valence-electron chi connectivity index (χ3n) is 4.34. The number of hydrogen-bond acceptors (Lipinski definition) is 4. The Morgan fingerprint density at radius 2 is 1.77 bits per heavy atom. The third kappa shape index (κ3) is 3.45. The second-order valence-electron chi connectivity index (χ2n) is 5.99. The molecule has 1 aromatic heterocycles. The van der Waals surface area contributed by atoms with Gasteiger partial charge in [-0.25, -0.2) is 4.68 Å². The van der Waals surface area contributed by atoms with Crippen molar-refractivity contribution in [2.24, 2.45) is 7.05 Å². The summed E-state index contributed by atoms with van der Waals surface area (Å²) >= 11 is 5.35. The Kier molecular flexibility index (Phi) is 4.71. The Morgan fingerprint density at radius 3 is 2.41 bits per heavy atom. The quantitative estimate of drug-likeness (QED) is 0.807. The van der Waals surface area contributed by atoms with Gasteiger partial charge in [-0.2, -0.15) is 5.10 Å². The van der Waals surface area contributed by atoms with E-state index in [4.69, 9.17) is 12.2 Å². The van der Waals surface area contributed by atoms with E-state index < -0.39 is 0 Å². The third-order valence-corrected chi connectivity index (χ3v) is 4.84. The van der Waals surface area contributed by atoms with Crippen LogP contribution >= 0.6 is 12.2 Å². The van der Waals surface area contributed by atoms with Crippen LogP contribution in [-0.4, -0.2) is 50.3 Å². The number of piperazine rings is 1. The van der Waals surface area contributed by atoms with E-state index in [2.05, 4.69) is 46.1 Å². The lowest BCUT2D eigenvalue weighted by Crippen LogP contribution is -2.46. The molecule has 1 aliphatic rings. The highest BCUT2D eigenvalue weighted by molar-refractivity contribution is 7.71. The summed E-state index contributed by atoms with van der Waals surface area (Å²) in [5.41, 5.74) is 2.81. The molecule has 118 valence electrons. The SMILES string of the molecule is Cc1ccccc1CN1CCN(Cn2ncn(C)c2=S)CC1. The summed E-state index contributed by atoms with van der Waals surface area (Å²) in [6.45, 7) is 8.33. The van der Waals surface area contributed by atoms with Crippen LogP contribution in [0.4, 0.5) is 0 Å². The average Bonchev–Trinajstić information content (AvgIpc) is 2.83. The molecule has 6 heteroatoms. The van der Waals surface area contributed by atoms with Crippen LogP contribution in [0.15, 0.2) is 30.6 Å². The molecule has 0 unspecified atom stereocenters. The summed E-state index contributed by atoms with van der Waals surface area (Å²) in [5, 5.41) is 4.33. The van der Waals surface area contributed by atoms with Crippen molar-refractivity contribution in [1.82, 2.24) is 24.1 Å². The zero-order valence-electron chi connectivity index (χ0n) is 13.3. The zero-order chi connectivity index (χ0) is 15.5. The molecule has 2 aromatic rings. The Balaban J connectivity index is 1.53. The van der Waals surface area contributed by atoms with Crippen LogP contribution in [0.25, 0.3) is 0 Å². The van der Waals surface area contributed by atoms with Gasteiger partial charge in [-0.1, -0.05) is 24.3 Å². The number of rotatable bonds is 4. The second-order valence-corrected chi connectivity index (χ2v) is 6.35. The first kappa shape index (κ1) is 15.4. The van der Waals surface area contributed by atoms with E-state index in [0.717, 1.165) is 44.2 Å². The second kappa shape index (κ2) is 6.73. The van der Waals surface area contributed by atoms with Crippen molar-refractivity contribution in [2.45, 2.75) is 20.1 Å². The van der Waals surface area contributed by atoms with Gasteiger partial charge < -0.3 is 4.57 Å². The maximum absolute atomic E-state index is 5.35. The van der Waals surface area contributed by atoms with Gasteiger partial charge in [0.15, 0.2) is 4.77 Å². The van der Waals surface area contributed by atoms with Crippen LogP contribution in [0.3, 0.4) is 0 Å². The summed E-state index contributed by atoms with van der Waals surface area (Å²) in [4.78, 5) is 4.94. The summed E-state index contributed by atoms with van der Waals surface area (Å²) in [6.07, 6.45) is 1.77. The fourth-order valence-corrected chi connectivity index (χ4v) is 2.98. The van der Waals surface area contributed by atoms with Crippen LogP contribution in [0.5, 0.6) is 0 Å². The van der Waals surface area contributed by atoms with Gasteiger partial charge in [-0.3, -0.25) is 9.80 Å². The normalized spacial score (nSPS) is 17.0. The molecule has 22 heavy (non-hydrogen) atoms. The maximum atomic E-state index is 5.35. The fraction of sp³-hybridized carbons (Fsp3) is 0.500. The molecular weight excluding hydrogens is 294 g/mol. The summed E-state index contributed by atoms with van der Waals surface area (Å²) in [6, 6.07) is 8.65. The predicted octanol–water partition coefficient (Wildman–Crippen LogP) is 2.03. The highest BCUT2D eigenvalue weighted by atomic mass is 32.1. The Labute approximate surface area is 136 Å². The monoisotopic (exact) mass is 317 g/mol. The van der Waals surface area contributed by atoms with Crippen molar-refractivity contribution in [3.05, 3.63) is 46.5 Å². The molecule has 0 saturated carbocycles. The topological polar surface area (TPSA) is 29.2 Å². The van der Waals surface area contributed by atoms with E-state index in [9.17, 15) is 0 Å². The van der Waals surface area contributed by atoms with Crippen LogP contribution in [-0.2, 0) is 20.3 Å². The molecule has 0 aliphatic carbocycles. The average molecular weight is 317 g/mol.